The molecule has 0 aliphatic heterocycles. The van der Waals surface area contributed by atoms with Crippen molar-refractivity contribution >= 4 is 12.6 Å². The molecule has 1 rings (SSSR count). The molecule has 0 saturated heterocycles. The zero-order chi connectivity index (χ0) is 9.14. The average Bonchev–Trinajstić information content (AvgIpc) is 2.04. The second kappa shape index (κ2) is 3.99. The topological polar surface area (TPSA) is 0 Å². The zero-order valence-electron chi connectivity index (χ0n) is 7.96. The second-order valence-corrected chi connectivity index (χ2v) is 3.81. The Morgan fingerprint density at radius 1 is 1.33 bits per heavy atom. The third-order valence-corrected chi connectivity index (χ3v) is 2.70. The summed E-state index contributed by atoms with van der Waals surface area (Å²) in [5.74, 6) is 0.573. The van der Waals surface area contributed by atoms with Crippen LogP contribution in [0.25, 0.3) is 0 Å². The van der Waals surface area contributed by atoms with E-state index in [0.29, 0.717) is 5.92 Å². The van der Waals surface area contributed by atoms with Crippen LogP contribution in [0.1, 0.15) is 37.8 Å². The number of hydrogen-bond acceptors (Lipinski definition) is 1. The molecule has 0 spiro atoms. The molecule has 0 amide bonds. The Balaban J connectivity index is 3.14. The molecule has 1 heteroatoms. The van der Waals surface area contributed by atoms with E-state index in [9.17, 15) is 0 Å². The lowest BCUT2D eigenvalue weighted by molar-refractivity contribution is 0.833. The molecule has 0 saturated carbocycles. The van der Waals surface area contributed by atoms with Crippen LogP contribution in [0.3, 0.4) is 0 Å². The number of benzene rings is 1. The molecule has 0 aromatic heterocycles. The summed E-state index contributed by atoms with van der Waals surface area (Å²) in [6.07, 6.45) is 1.07. The first kappa shape index (κ1) is 9.66. The van der Waals surface area contributed by atoms with Crippen LogP contribution in [-0.4, -0.2) is 0 Å². The highest BCUT2D eigenvalue weighted by Crippen LogP contribution is 2.25. The van der Waals surface area contributed by atoms with E-state index >= 15 is 0 Å². The summed E-state index contributed by atoms with van der Waals surface area (Å²) < 4.78 is 0. The first-order valence-corrected chi connectivity index (χ1v) is 4.92. The Kier molecular flexibility index (Phi) is 3.21. The van der Waals surface area contributed by atoms with Gasteiger partial charge in [0.2, 0.25) is 0 Å². The van der Waals surface area contributed by atoms with Gasteiger partial charge in [0, 0.05) is 4.90 Å². The average molecular weight is 180 g/mol. The first-order chi connectivity index (χ1) is 5.66. The van der Waals surface area contributed by atoms with Gasteiger partial charge in [-0.05, 0) is 23.5 Å². The van der Waals surface area contributed by atoms with Gasteiger partial charge in [0.15, 0.2) is 0 Å². The monoisotopic (exact) mass is 180 g/mol. The van der Waals surface area contributed by atoms with Crippen LogP contribution in [0.2, 0.25) is 0 Å². The van der Waals surface area contributed by atoms with E-state index in [1.54, 1.807) is 0 Å². The molecular weight excluding hydrogens is 164 g/mol. The highest BCUT2D eigenvalue weighted by molar-refractivity contribution is 7.80. The van der Waals surface area contributed by atoms with Crippen molar-refractivity contribution in [2.75, 3.05) is 0 Å². The van der Waals surface area contributed by atoms with E-state index in [-0.39, 0.29) is 0 Å². The molecule has 0 aliphatic rings. The normalized spacial score (nSPS) is 10.8. The van der Waals surface area contributed by atoms with Crippen LogP contribution in [0, 0.1) is 0 Å². The first-order valence-electron chi connectivity index (χ1n) is 4.47. The zero-order valence-corrected chi connectivity index (χ0v) is 8.86. The molecule has 0 unspecified atom stereocenters. The smallest absolute Gasteiger partial charge is 0.0107 e. The summed E-state index contributed by atoms with van der Waals surface area (Å²) in [6.45, 7) is 6.57. The third-order valence-electron chi connectivity index (χ3n) is 2.15. The Morgan fingerprint density at radius 2 is 2.00 bits per heavy atom. The van der Waals surface area contributed by atoms with Gasteiger partial charge in [-0.1, -0.05) is 39.0 Å². The van der Waals surface area contributed by atoms with Crippen molar-refractivity contribution in [1.29, 1.82) is 0 Å². The highest BCUT2D eigenvalue weighted by atomic mass is 32.1. The summed E-state index contributed by atoms with van der Waals surface area (Å²) in [4.78, 5) is 1.18. The number of rotatable bonds is 2. The largest absolute Gasteiger partial charge is 0.143 e. The predicted octanol–water partition coefficient (Wildman–Crippen LogP) is 3.66. The van der Waals surface area contributed by atoms with E-state index in [1.807, 2.05) is 0 Å². The molecule has 0 aliphatic carbocycles. The van der Waals surface area contributed by atoms with Gasteiger partial charge in [0.05, 0.1) is 0 Å². The maximum absolute atomic E-state index is 4.53. The van der Waals surface area contributed by atoms with Gasteiger partial charge in [0.1, 0.15) is 0 Å². The summed E-state index contributed by atoms with van der Waals surface area (Å²) in [6, 6.07) is 6.42. The van der Waals surface area contributed by atoms with Crippen molar-refractivity contribution in [3.63, 3.8) is 0 Å². The minimum atomic E-state index is 0.573. The van der Waals surface area contributed by atoms with Crippen LogP contribution in [0.15, 0.2) is 23.1 Å². The van der Waals surface area contributed by atoms with Gasteiger partial charge in [-0.25, -0.2) is 0 Å². The van der Waals surface area contributed by atoms with Gasteiger partial charge < -0.3 is 0 Å². The lowest BCUT2D eigenvalue weighted by atomic mass is 10.00. The molecule has 0 N–H and O–H groups in total. The molecule has 0 radical (unpaired) electrons. The Morgan fingerprint density at radius 3 is 2.50 bits per heavy atom. The predicted molar refractivity (Wildman–Crippen MR) is 57.2 cm³/mol. The third kappa shape index (κ3) is 1.84. The van der Waals surface area contributed by atoms with E-state index in [0.717, 1.165) is 6.42 Å². The highest BCUT2D eigenvalue weighted by Gasteiger charge is 2.05. The number of thiol groups is 1. The lowest BCUT2D eigenvalue weighted by Gasteiger charge is -2.11. The van der Waals surface area contributed by atoms with Crippen molar-refractivity contribution in [1.82, 2.24) is 0 Å². The van der Waals surface area contributed by atoms with Gasteiger partial charge in [-0.2, -0.15) is 0 Å². The fourth-order valence-electron chi connectivity index (χ4n) is 1.36. The van der Waals surface area contributed by atoms with E-state index in [1.165, 1.54) is 16.0 Å². The standard InChI is InChI=1S/C11H16S/c1-4-9-6-5-7-10(8(2)3)11(9)12/h5-8,12H,4H2,1-3H3. The summed E-state index contributed by atoms with van der Waals surface area (Å²) in [7, 11) is 0. The van der Waals surface area contributed by atoms with Crippen molar-refractivity contribution in [2.24, 2.45) is 0 Å². The fraction of sp³-hybridized carbons (Fsp3) is 0.455. The molecule has 1 aromatic carbocycles. The minimum Gasteiger partial charge on any atom is -0.143 e. The Bertz CT molecular complexity index is 264. The Labute approximate surface area is 80.4 Å². The van der Waals surface area contributed by atoms with Crippen LogP contribution in [0.5, 0.6) is 0 Å². The van der Waals surface area contributed by atoms with E-state index in [2.05, 4.69) is 51.6 Å². The minimum absolute atomic E-state index is 0.573. The fourth-order valence-corrected chi connectivity index (χ4v) is 1.93. The van der Waals surface area contributed by atoms with Crippen molar-refractivity contribution in [3.05, 3.63) is 29.3 Å². The van der Waals surface area contributed by atoms with Crippen LogP contribution in [-0.2, 0) is 6.42 Å². The lowest BCUT2D eigenvalue weighted by Crippen LogP contribution is -1.93. The van der Waals surface area contributed by atoms with Gasteiger partial charge in [-0.3, -0.25) is 0 Å². The summed E-state index contributed by atoms with van der Waals surface area (Å²) in [5, 5.41) is 0. The van der Waals surface area contributed by atoms with Crippen LogP contribution in [0.4, 0.5) is 0 Å². The molecule has 0 atom stereocenters. The molecule has 66 valence electrons. The molecule has 1 aromatic rings. The molecule has 0 heterocycles. The molecule has 0 fully saturated rings. The van der Waals surface area contributed by atoms with Gasteiger partial charge >= 0.3 is 0 Å². The van der Waals surface area contributed by atoms with Gasteiger partial charge in [0.25, 0.3) is 0 Å². The number of hydrogen-bond donors (Lipinski definition) is 1. The van der Waals surface area contributed by atoms with E-state index in [4.69, 9.17) is 0 Å². The molecule has 0 nitrogen and oxygen atoms in total. The van der Waals surface area contributed by atoms with Gasteiger partial charge in [-0.15, -0.1) is 12.6 Å². The van der Waals surface area contributed by atoms with E-state index < -0.39 is 0 Å². The number of aryl methyl sites for hydroxylation is 1. The summed E-state index contributed by atoms with van der Waals surface area (Å²) in [5.41, 5.74) is 2.71. The van der Waals surface area contributed by atoms with Crippen molar-refractivity contribution in [3.8, 4) is 0 Å². The van der Waals surface area contributed by atoms with Crippen LogP contribution >= 0.6 is 12.6 Å². The second-order valence-electron chi connectivity index (χ2n) is 3.36. The summed E-state index contributed by atoms with van der Waals surface area (Å²) >= 11 is 4.53. The van der Waals surface area contributed by atoms with Crippen LogP contribution < -0.4 is 0 Å². The molecule has 0 bridgehead atoms. The molecule has 12 heavy (non-hydrogen) atoms. The SMILES string of the molecule is CCc1cccc(C(C)C)c1S. The molecular formula is C11H16S. The maximum atomic E-state index is 4.53. The quantitative estimate of drug-likeness (QED) is 0.660. The van der Waals surface area contributed by atoms with Crippen molar-refractivity contribution < 1.29 is 0 Å². The van der Waals surface area contributed by atoms with Crippen molar-refractivity contribution in [2.45, 2.75) is 38.0 Å². The Hall–Kier alpha value is -0.430. The maximum Gasteiger partial charge on any atom is 0.0107 e.